The molecule has 4 aromatic rings. The number of alkyl halides is 6. The van der Waals surface area contributed by atoms with Gasteiger partial charge >= 0.3 is 24.3 Å². The molecule has 4 aromatic carbocycles. The van der Waals surface area contributed by atoms with Crippen LogP contribution in [-0.4, -0.2) is 78.7 Å². The fourth-order valence-electron chi connectivity index (χ4n) is 6.79. The third-order valence-corrected chi connectivity index (χ3v) is 9.58. The maximum atomic E-state index is 15.1. The van der Waals surface area contributed by atoms with Crippen LogP contribution in [0.4, 0.5) is 26.3 Å². The first-order valence-electron chi connectivity index (χ1n) is 16.9. The summed E-state index contributed by atoms with van der Waals surface area (Å²) in [7, 11) is 5.45. The van der Waals surface area contributed by atoms with Crippen molar-refractivity contribution in [1.82, 2.24) is 0 Å². The van der Waals surface area contributed by atoms with Gasteiger partial charge in [0, 0.05) is 25.3 Å². The number of halogens is 6. The van der Waals surface area contributed by atoms with Crippen LogP contribution < -0.4 is 14.2 Å². The number of carbonyl (C=O) groups excluding carboxylic acids is 2. The second kappa shape index (κ2) is 16.8. The first-order valence-corrected chi connectivity index (χ1v) is 16.9. The number of ether oxygens (including phenoxy) is 8. The Morgan fingerprint density at radius 2 is 1.16 bits per heavy atom. The predicted molar refractivity (Wildman–Crippen MR) is 186 cm³/mol. The van der Waals surface area contributed by atoms with Gasteiger partial charge in [-0.1, -0.05) is 78.9 Å². The highest BCUT2D eigenvalue weighted by atomic mass is 19.4. The minimum Gasteiger partial charge on any atom is -0.497 e. The molecule has 0 N–H and O–H groups in total. The highest BCUT2D eigenvalue weighted by molar-refractivity contribution is 5.84. The fraction of sp³-hybridized carbons (Fsp3) is 0.350. The van der Waals surface area contributed by atoms with Gasteiger partial charge in [-0.05, 0) is 35.4 Å². The van der Waals surface area contributed by atoms with Gasteiger partial charge in [0.15, 0.2) is 17.6 Å². The summed E-state index contributed by atoms with van der Waals surface area (Å²) >= 11 is 0. The first-order chi connectivity index (χ1) is 26.6. The second-order valence-corrected chi connectivity index (χ2v) is 12.5. The highest BCUT2D eigenvalue weighted by Gasteiger charge is 2.66. The predicted octanol–water partition coefficient (Wildman–Crippen LogP) is 7.60. The van der Waals surface area contributed by atoms with Gasteiger partial charge in [-0.2, -0.15) is 26.3 Å². The van der Waals surface area contributed by atoms with Crippen molar-refractivity contribution in [2.75, 3.05) is 42.2 Å². The zero-order chi connectivity index (χ0) is 40.9. The number of rotatable bonds is 14. The Morgan fingerprint density at radius 1 is 0.643 bits per heavy atom. The molecule has 5 rings (SSSR count). The maximum absolute atomic E-state index is 15.1. The Kier molecular flexibility index (Phi) is 12.6. The van der Waals surface area contributed by atoms with Crippen molar-refractivity contribution in [3.05, 3.63) is 125 Å². The summed E-state index contributed by atoms with van der Waals surface area (Å²) in [6.07, 6.45) is -15.5. The lowest BCUT2D eigenvalue weighted by Crippen LogP contribution is -2.53. The SMILES string of the molecule is COc1ccc([C@H]2[C@@H]([C@H](OC(=O)[C@@](OC)(c3ccccc3)C(F)(F)F)c3ccc(OC)c(OC)c3)OC[C@H]2OC(=O)[C@@](OC)(c2ccccc2)C(F)(F)F)cc1. The van der Waals surface area contributed by atoms with Crippen LogP contribution in [0.5, 0.6) is 17.2 Å². The molecule has 0 aliphatic carbocycles. The standard InChI is InChI=1S/C40H38F6O10/c1-49-28-19-16-24(17-20-28)32-31(55-35(47)37(52-4,39(41,42)43)26-12-8-6-9-13-26)23-54-34(32)33(25-18-21-29(50-2)30(22-25)51-3)56-36(48)38(53-5,40(44,45)46)27-14-10-7-11-15-27/h6-22,31-34H,23H2,1-5H3/t31-,32-,33-,34+,37+,38+/m1/s1. The summed E-state index contributed by atoms with van der Waals surface area (Å²) in [6.45, 7) is -0.589. The van der Waals surface area contributed by atoms with Gasteiger partial charge in [-0.25, -0.2) is 9.59 Å². The molecule has 1 saturated heterocycles. The average Bonchev–Trinajstić information content (AvgIpc) is 3.60. The third-order valence-electron chi connectivity index (χ3n) is 9.58. The summed E-state index contributed by atoms with van der Waals surface area (Å²) in [6, 6.07) is 22.4. The van der Waals surface area contributed by atoms with Crippen LogP contribution in [0.1, 0.15) is 34.3 Å². The van der Waals surface area contributed by atoms with Crippen molar-refractivity contribution in [3.8, 4) is 17.2 Å². The van der Waals surface area contributed by atoms with E-state index in [1.165, 1.54) is 100 Å². The molecule has 0 unspecified atom stereocenters. The Hall–Kier alpha value is -5.32. The summed E-state index contributed by atoms with van der Waals surface area (Å²) < 4.78 is 134. The lowest BCUT2D eigenvalue weighted by molar-refractivity contribution is -0.280. The third kappa shape index (κ3) is 7.60. The van der Waals surface area contributed by atoms with E-state index in [9.17, 15) is 22.8 Å². The van der Waals surface area contributed by atoms with E-state index >= 15 is 13.2 Å². The van der Waals surface area contributed by atoms with Gasteiger partial charge in [0.1, 0.15) is 18.0 Å². The molecule has 0 amide bonds. The maximum Gasteiger partial charge on any atom is 0.432 e. The van der Waals surface area contributed by atoms with Crippen LogP contribution in [0.2, 0.25) is 0 Å². The van der Waals surface area contributed by atoms with E-state index < -0.39 is 77.5 Å². The van der Waals surface area contributed by atoms with E-state index in [1.54, 1.807) is 0 Å². The van der Waals surface area contributed by atoms with E-state index in [-0.39, 0.29) is 22.6 Å². The number of benzene rings is 4. The fourth-order valence-corrected chi connectivity index (χ4v) is 6.79. The van der Waals surface area contributed by atoms with Gasteiger partial charge in [-0.3, -0.25) is 0 Å². The van der Waals surface area contributed by atoms with Crippen molar-refractivity contribution < 1.29 is 73.8 Å². The summed E-state index contributed by atoms with van der Waals surface area (Å²) in [4.78, 5) is 28.1. The molecule has 6 atom stereocenters. The molecule has 16 heteroatoms. The molecule has 0 aromatic heterocycles. The van der Waals surface area contributed by atoms with E-state index in [0.29, 0.717) is 20.0 Å². The monoisotopic (exact) mass is 792 g/mol. The van der Waals surface area contributed by atoms with E-state index in [4.69, 9.17) is 37.9 Å². The quantitative estimate of drug-likeness (QED) is 0.0937. The molecule has 300 valence electrons. The van der Waals surface area contributed by atoms with E-state index in [2.05, 4.69) is 0 Å². The van der Waals surface area contributed by atoms with Crippen molar-refractivity contribution in [1.29, 1.82) is 0 Å². The van der Waals surface area contributed by atoms with Gasteiger partial charge < -0.3 is 37.9 Å². The Morgan fingerprint density at radius 3 is 1.62 bits per heavy atom. The largest absolute Gasteiger partial charge is 0.497 e. The number of hydrogen-bond acceptors (Lipinski definition) is 10. The van der Waals surface area contributed by atoms with Crippen molar-refractivity contribution in [3.63, 3.8) is 0 Å². The number of methoxy groups -OCH3 is 5. The molecule has 10 nitrogen and oxygen atoms in total. The topological polar surface area (TPSA) is 108 Å². The molecular formula is C40H38F6O10. The molecule has 1 fully saturated rings. The molecule has 1 heterocycles. The van der Waals surface area contributed by atoms with Crippen LogP contribution in [0, 0.1) is 0 Å². The van der Waals surface area contributed by atoms with Crippen LogP contribution in [-0.2, 0) is 44.5 Å². The lowest BCUT2D eigenvalue weighted by Gasteiger charge is -2.36. The smallest absolute Gasteiger partial charge is 0.432 e. The van der Waals surface area contributed by atoms with Crippen LogP contribution in [0.25, 0.3) is 0 Å². The zero-order valence-corrected chi connectivity index (χ0v) is 30.7. The van der Waals surface area contributed by atoms with Crippen LogP contribution >= 0.6 is 0 Å². The summed E-state index contributed by atoms with van der Waals surface area (Å²) in [5, 5.41) is 0. The van der Waals surface area contributed by atoms with E-state index in [1.807, 2.05) is 0 Å². The Balaban J connectivity index is 1.67. The van der Waals surface area contributed by atoms with Crippen LogP contribution in [0.3, 0.4) is 0 Å². The summed E-state index contributed by atoms with van der Waals surface area (Å²) in [5.74, 6) is -4.35. The molecule has 0 bridgehead atoms. The van der Waals surface area contributed by atoms with Crippen molar-refractivity contribution >= 4 is 11.9 Å². The second-order valence-electron chi connectivity index (χ2n) is 12.5. The molecule has 1 aliphatic rings. The molecule has 1 aliphatic heterocycles. The molecular weight excluding hydrogens is 754 g/mol. The van der Waals surface area contributed by atoms with Gasteiger partial charge in [0.2, 0.25) is 0 Å². The number of hydrogen-bond donors (Lipinski definition) is 0. The van der Waals surface area contributed by atoms with Gasteiger partial charge in [0.05, 0.1) is 33.9 Å². The van der Waals surface area contributed by atoms with E-state index in [0.717, 1.165) is 24.3 Å². The van der Waals surface area contributed by atoms with Crippen molar-refractivity contribution in [2.24, 2.45) is 0 Å². The normalized spacial score (nSPS) is 19.9. The minimum atomic E-state index is -5.37. The lowest BCUT2D eigenvalue weighted by atomic mass is 9.85. The molecule has 0 spiro atoms. The average molecular weight is 793 g/mol. The Labute approximate surface area is 318 Å². The number of esters is 2. The van der Waals surface area contributed by atoms with Gasteiger partial charge in [0.25, 0.3) is 11.2 Å². The number of carbonyl (C=O) groups is 2. The Bertz CT molecular complexity index is 1940. The summed E-state index contributed by atoms with van der Waals surface area (Å²) in [5.41, 5.74) is -8.11. The molecule has 56 heavy (non-hydrogen) atoms. The van der Waals surface area contributed by atoms with Gasteiger partial charge in [-0.15, -0.1) is 0 Å². The molecule has 0 radical (unpaired) electrons. The first kappa shape index (κ1) is 41.8. The highest BCUT2D eigenvalue weighted by Crippen LogP contribution is 2.49. The molecule has 0 saturated carbocycles. The van der Waals surface area contributed by atoms with Crippen molar-refractivity contribution in [2.45, 2.75) is 47.8 Å². The van der Waals surface area contributed by atoms with Crippen LogP contribution in [0.15, 0.2) is 103 Å². The zero-order valence-electron chi connectivity index (χ0n) is 30.7. The minimum absolute atomic E-state index is 0.0255.